The van der Waals surface area contributed by atoms with E-state index < -0.39 is 0 Å². The van der Waals surface area contributed by atoms with E-state index in [9.17, 15) is 0 Å². The zero-order chi connectivity index (χ0) is 9.26. The quantitative estimate of drug-likeness (QED) is 0.661. The molecule has 0 radical (unpaired) electrons. The highest BCUT2D eigenvalue weighted by atomic mass is 16.5. The number of rotatable bonds is 2. The third-order valence-electron chi connectivity index (χ3n) is 2.10. The van der Waals surface area contributed by atoms with Gasteiger partial charge in [0, 0.05) is 6.54 Å². The van der Waals surface area contributed by atoms with Crippen LogP contribution in [0.5, 0.6) is 0 Å². The number of aromatic nitrogens is 2. The van der Waals surface area contributed by atoms with E-state index in [1.165, 1.54) is 0 Å². The topological polar surface area (TPSA) is 100 Å². The molecule has 1 aliphatic rings. The summed E-state index contributed by atoms with van der Waals surface area (Å²) in [6.07, 6.45) is 1.78. The minimum atomic E-state index is -0.127. The van der Waals surface area contributed by atoms with Crippen molar-refractivity contribution >= 4 is 5.95 Å². The predicted octanol–water partition coefficient (Wildman–Crippen LogP) is -0.169. The van der Waals surface area contributed by atoms with Crippen molar-refractivity contribution < 1.29 is 9.26 Å². The molecule has 2 heterocycles. The van der Waals surface area contributed by atoms with E-state index in [2.05, 4.69) is 10.1 Å². The van der Waals surface area contributed by atoms with Crippen molar-refractivity contribution in [1.29, 1.82) is 0 Å². The summed E-state index contributed by atoms with van der Waals surface area (Å²) in [7, 11) is 0. The second kappa shape index (κ2) is 3.31. The zero-order valence-electron chi connectivity index (χ0n) is 7.14. The third kappa shape index (κ3) is 1.63. The van der Waals surface area contributed by atoms with Crippen molar-refractivity contribution in [2.24, 2.45) is 5.73 Å². The van der Waals surface area contributed by atoms with E-state index in [1.807, 2.05) is 0 Å². The molecule has 1 saturated heterocycles. The zero-order valence-corrected chi connectivity index (χ0v) is 7.14. The van der Waals surface area contributed by atoms with Gasteiger partial charge in [-0.05, 0) is 18.0 Å². The molecule has 0 saturated carbocycles. The molecule has 13 heavy (non-hydrogen) atoms. The number of nitrogen functional groups attached to an aromatic ring is 1. The van der Waals surface area contributed by atoms with Gasteiger partial charge in [0.25, 0.3) is 11.8 Å². The molecule has 1 aromatic heterocycles. The molecular weight excluding hydrogens is 172 g/mol. The van der Waals surface area contributed by atoms with Gasteiger partial charge in [-0.3, -0.25) is 0 Å². The molecule has 6 nitrogen and oxygen atoms in total. The van der Waals surface area contributed by atoms with Crippen LogP contribution in [0.4, 0.5) is 5.95 Å². The lowest BCUT2D eigenvalue weighted by Gasteiger charge is -2.07. The maximum atomic E-state index is 5.53. The van der Waals surface area contributed by atoms with Crippen molar-refractivity contribution in [2.75, 3.05) is 12.3 Å². The van der Waals surface area contributed by atoms with Crippen LogP contribution in [0, 0.1) is 0 Å². The number of ether oxygens (including phenoxy) is 1. The maximum absolute atomic E-state index is 5.53. The van der Waals surface area contributed by atoms with Crippen LogP contribution < -0.4 is 11.5 Å². The monoisotopic (exact) mass is 184 g/mol. The van der Waals surface area contributed by atoms with Gasteiger partial charge in [-0.25, -0.2) is 0 Å². The highest BCUT2D eigenvalue weighted by Crippen LogP contribution is 2.31. The number of hydrogen-bond donors (Lipinski definition) is 2. The Morgan fingerprint density at radius 2 is 2.31 bits per heavy atom. The molecule has 2 unspecified atom stereocenters. The Hall–Kier alpha value is -1.14. The molecule has 0 amide bonds. The first kappa shape index (κ1) is 8.46. The molecule has 2 rings (SSSR count). The van der Waals surface area contributed by atoms with Crippen molar-refractivity contribution in [3.63, 3.8) is 0 Å². The lowest BCUT2D eigenvalue weighted by molar-refractivity contribution is 0.0307. The number of hydrogen-bond acceptors (Lipinski definition) is 6. The average molecular weight is 184 g/mol. The van der Waals surface area contributed by atoms with Crippen LogP contribution in [0.15, 0.2) is 4.52 Å². The SMILES string of the molecule is NCC1CCC(c2nc(N)no2)O1. The average Bonchev–Trinajstić information content (AvgIpc) is 2.71. The molecule has 72 valence electrons. The highest BCUT2D eigenvalue weighted by molar-refractivity contribution is 5.11. The number of anilines is 1. The minimum absolute atomic E-state index is 0.109. The highest BCUT2D eigenvalue weighted by Gasteiger charge is 2.29. The molecular formula is C7H12N4O2. The van der Waals surface area contributed by atoms with Gasteiger partial charge in [0.1, 0.15) is 6.10 Å². The van der Waals surface area contributed by atoms with Crippen LogP contribution >= 0.6 is 0 Å². The summed E-state index contributed by atoms with van der Waals surface area (Å²) < 4.78 is 10.4. The van der Waals surface area contributed by atoms with E-state index in [0.717, 1.165) is 12.8 Å². The molecule has 0 aliphatic carbocycles. The van der Waals surface area contributed by atoms with Crippen molar-refractivity contribution in [2.45, 2.75) is 25.0 Å². The molecule has 2 atom stereocenters. The Morgan fingerprint density at radius 3 is 2.85 bits per heavy atom. The summed E-state index contributed by atoms with van der Waals surface area (Å²) in [6.45, 7) is 0.528. The van der Waals surface area contributed by atoms with Gasteiger partial charge < -0.3 is 20.7 Å². The molecule has 0 bridgehead atoms. The lowest BCUT2D eigenvalue weighted by Crippen LogP contribution is -2.18. The molecule has 1 aromatic rings. The van der Waals surface area contributed by atoms with Gasteiger partial charge in [-0.1, -0.05) is 0 Å². The van der Waals surface area contributed by atoms with E-state index in [0.29, 0.717) is 12.4 Å². The molecule has 6 heteroatoms. The lowest BCUT2D eigenvalue weighted by atomic mass is 10.2. The first-order valence-electron chi connectivity index (χ1n) is 4.24. The molecule has 1 aliphatic heterocycles. The van der Waals surface area contributed by atoms with Gasteiger partial charge in [-0.15, -0.1) is 0 Å². The molecule has 1 fully saturated rings. The van der Waals surface area contributed by atoms with Crippen LogP contribution in [-0.2, 0) is 4.74 Å². The summed E-state index contributed by atoms with van der Waals surface area (Å²) >= 11 is 0. The van der Waals surface area contributed by atoms with Gasteiger partial charge in [-0.2, -0.15) is 4.98 Å². The number of nitrogens with zero attached hydrogens (tertiary/aromatic N) is 2. The summed E-state index contributed by atoms with van der Waals surface area (Å²) in [5.41, 5.74) is 10.8. The van der Waals surface area contributed by atoms with Gasteiger partial charge in [0.05, 0.1) is 6.10 Å². The molecule has 0 aromatic carbocycles. The Morgan fingerprint density at radius 1 is 1.46 bits per heavy atom. The largest absolute Gasteiger partial charge is 0.365 e. The Bertz CT molecular complexity index is 288. The van der Waals surface area contributed by atoms with Crippen LogP contribution in [0.1, 0.15) is 24.8 Å². The summed E-state index contributed by atoms with van der Waals surface area (Å²) in [5.74, 6) is 0.600. The van der Waals surface area contributed by atoms with E-state index in [-0.39, 0.29) is 18.2 Å². The summed E-state index contributed by atoms with van der Waals surface area (Å²) in [6, 6.07) is 0. The number of nitrogens with two attached hydrogens (primary N) is 2. The smallest absolute Gasteiger partial charge is 0.260 e. The first-order chi connectivity index (χ1) is 6.29. The third-order valence-corrected chi connectivity index (χ3v) is 2.10. The second-order valence-corrected chi connectivity index (χ2v) is 3.05. The summed E-state index contributed by atoms with van der Waals surface area (Å²) in [4.78, 5) is 3.90. The fraction of sp³-hybridized carbons (Fsp3) is 0.714. The molecule has 0 spiro atoms. The van der Waals surface area contributed by atoms with Crippen molar-refractivity contribution in [1.82, 2.24) is 10.1 Å². The Balaban J connectivity index is 2.03. The normalized spacial score (nSPS) is 28.1. The Labute approximate surface area is 75.2 Å². The standard InChI is InChI=1S/C7H12N4O2/c8-3-4-1-2-5(12-4)6-10-7(9)11-13-6/h4-5H,1-3,8H2,(H2,9,11). The van der Waals surface area contributed by atoms with Crippen LogP contribution in [0.2, 0.25) is 0 Å². The van der Waals surface area contributed by atoms with Gasteiger partial charge >= 0.3 is 0 Å². The second-order valence-electron chi connectivity index (χ2n) is 3.05. The Kier molecular flexibility index (Phi) is 2.15. The van der Waals surface area contributed by atoms with Gasteiger partial charge in [0.15, 0.2) is 0 Å². The fourth-order valence-electron chi connectivity index (χ4n) is 1.44. The van der Waals surface area contributed by atoms with Crippen molar-refractivity contribution in [3.05, 3.63) is 5.89 Å². The van der Waals surface area contributed by atoms with E-state index in [4.69, 9.17) is 20.7 Å². The minimum Gasteiger partial charge on any atom is -0.365 e. The first-order valence-corrected chi connectivity index (χ1v) is 4.24. The van der Waals surface area contributed by atoms with E-state index in [1.54, 1.807) is 0 Å². The van der Waals surface area contributed by atoms with Crippen molar-refractivity contribution in [3.8, 4) is 0 Å². The van der Waals surface area contributed by atoms with Crippen LogP contribution in [0.3, 0.4) is 0 Å². The maximum Gasteiger partial charge on any atom is 0.260 e. The van der Waals surface area contributed by atoms with Gasteiger partial charge in [0.2, 0.25) is 0 Å². The van der Waals surface area contributed by atoms with E-state index >= 15 is 0 Å². The molecule has 4 N–H and O–H groups in total. The predicted molar refractivity (Wildman–Crippen MR) is 44.6 cm³/mol. The van der Waals surface area contributed by atoms with Crippen LogP contribution in [0.25, 0.3) is 0 Å². The van der Waals surface area contributed by atoms with Crippen LogP contribution in [-0.4, -0.2) is 22.8 Å². The fourth-order valence-corrected chi connectivity index (χ4v) is 1.44. The summed E-state index contributed by atoms with van der Waals surface area (Å²) in [5, 5.41) is 3.49.